The highest BCUT2D eigenvalue weighted by molar-refractivity contribution is 7.00. The van der Waals surface area contributed by atoms with E-state index in [1.54, 1.807) is 12.1 Å². The third kappa shape index (κ3) is 5.26. The van der Waals surface area contributed by atoms with Crippen molar-refractivity contribution in [3.63, 3.8) is 0 Å². The molecule has 2 aliphatic rings. The maximum absolute atomic E-state index is 11.7. The summed E-state index contributed by atoms with van der Waals surface area (Å²) in [5.41, 5.74) is 2.82. The molecule has 1 aliphatic heterocycles. The van der Waals surface area contributed by atoms with Gasteiger partial charge in [-0.15, -0.1) is 0 Å². The summed E-state index contributed by atoms with van der Waals surface area (Å²) in [5.74, 6) is 1.95. The molecule has 0 spiro atoms. The molecule has 0 atom stereocenters. The normalized spacial score (nSPS) is 12.0. The minimum atomic E-state index is -2.70. The Morgan fingerprint density at radius 3 is 2.00 bits per heavy atom. The molecular formula is C35H31NO4Si. The van der Waals surface area contributed by atoms with Crippen LogP contribution in [-0.4, -0.2) is 13.3 Å². The van der Waals surface area contributed by atoms with Gasteiger partial charge in [0.15, 0.2) is 16.8 Å². The molecule has 41 heavy (non-hydrogen) atoms. The van der Waals surface area contributed by atoms with Crippen LogP contribution in [0.15, 0.2) is 131 Å². The second kappa shape index (κ2) is 10.7. The lowest BCUT2D eigenvalue weighted by molar-refractivity contribution is 0.306. The maximum atomic E-state index is 11.7. The fourth-order valence-electron chi connectivity index (χ4n) is 5.32. The van der Waals surface area contributed by atoms with Gasteiger partial charge in [0.1, 0.15) is 29.3 Å². The van der Waals surface area contributed by atoms with Gasteiger partial charge >= 0.3 is 8.32 Å². The van der Waals surface area contributed by atoms with Crippen molar-refractivity contribution >= 4 is 29.8 Å². The fraction of sp³-hybridized carbons (Fsp3) is 0.143. The zero-order valence-electron chi connectivity index (χ0n) is 23.3. The number of fused-ring (bicyclic) bond motifs is 2. The topological polar surface area (TPSA) is 61.6 Å². The monoisotopic (exact) mass is 557 g/mol. The Balaban J connectivity index is 1.24. The van der Waals surface area contributed by atoms with E-state index in [4.69, 9.17) is 13.6 Å². The van der Waals surface area contributed by atoms with Crippen molar-refractivity contribution in [2.24, 2.45) is 0 Å². The van der Waals surface area contributed by atoms with E-state index in [1.807, 2.05) is 36.4 Å². The second-order valence-corrected chi connectivity index (χ2v) is 15.4. The molecule has 4 aromatic rings. The Morgan fingerprint density at radius 2 is 1.37 bits per heavy atom. The van der Waals surface area contributed by atoms with E-state index >= 15 is 0 Å². The minimum absolute atomic E-state index is 0.114. The lowest BCUT2D eigenvalue weighted by Gasteiger charge is -2.43. The van der Waals surface area contributed by atoms with Crippen molar-refractivity contribution in [1.29, 1.82) is 0 Å². The van der Waals surface area contributed by atoms with E-state index in [1.165, 1.54) is 22.5 Å². The maximum Gasteiger partial charge on any atom is 0.319 e. The summed E-state index contributed by atoms with van der Waals surface area (Å²) in [7, 11) is -2.70. The van der Waals surface area contributed by atoms with E-state index < -0.39 is 8.32 Å². The van der Waals surface area contributed by atoms with Crippen LogP contribution in [0.2, 0.25) is 5.04 Å². The summed E-state index contributed by atoms with van der Waals surface area (Å²) in [5, 5.41) is 2.36. The first-order valence-corrected chi connectivity index (χ1v) is 15.6. The van der Waals surface area contributed by atoms with Crippen LogP contribution in [0.5, 0.6) is 11.5 Å². The molecule has 5 nitrogen and oxygen atoms in total. The highest BCUT2D eigenvalue weighted by Gasteiger charge is 2.52. The van der Waals surface area contributed by atoms with E-state index in [-0.39, 0.29) is 10.5 Å². The summed E-state index contributed by atoms with van der Waals surface area (Å²) >= 11 is 0. The van der Waals surface area contributed by atoms with Crippen molar-refractivity contribution in [2.45, 2.75) is 32.4 Å². The molecule has 6 heteroatoms. The van der Waals surface area contributed by atoms with Gasteiger partial charge in [0.05, 0.1) is 0 Å². The number of hydrogen-bond acceptors (Lipinski definition) is 5. The Kier molecular flexibility index (Phi) is 6.93. The number of benzene rings is 5. The third-order valence-electron chi connectivity index (χ3n) is 7.34. The third-order valence-corrected chi connectivity index (χ3v) is 12.3. The van der Waals surface area contributed by atoms with Gasteiger partial charge in [-0.2, -0.15) is 0 Å². The molecule has 204 valence electrons. The van der Waals surface area contributed by atoms with Crippen molar-refractivity contribution in [3.05, 3.63) is 137 Å². The van der Waals surface area contributed by atoms with Crippen LogP contribution in [0.4, 0.5) is 0 Å². The van der Waals surface area contributed by atoms with Crippen molar-refractivity contribution in [3.8, 4) is 23.0 Å². The summed E-state index contributed by atoms with van der Waals surface area (Å²) in [6.07, 6.45) is 0. The van der Waals surface area contributed by atoms with Gasteiger partial charge in [-0.3, -0.25) is 4.79 Å². The number of aromatic nitrogens is 1. The molecule has 6 rings (SSSR count). The molecule has 0 unspecified atom stereocenters. The zero-order chi connectivity index (χ0) is 28.5. The van der Waals surface area contributed by atoms with Gasteiger partial charge in [0.25, 0.3) is 0 Å². The van der Waals surface area contributed by atoms with Gasteiger partial charge in [0, 0.05) is 12.1 Å². The highest BCUT2D eigenvalue weighted by atomic mass is 28.4. The zero-order valence-corrected chi connectivity index (χ0v) is 24.3. The molecule has 0 fully saturated rings. The van der Waals surface area contributed by atoms with Gasteiger partial charge in [-0.05, 0) is 57.4 Å². The quantitative estimate of drug-likeness (QED) is 0.159. The first-order valence-electron chi connectivity index (χ1n) is 13.7. The Morgan fingerprint density at radius 1 is 0.732 bits per heavy atom. The average Bonchev–Trinajstić information content (AvgIpc) is 2.98. The van der Waals surface area contributed by atoms with E-state index in [9.17, 15) is 4.79 Å². The van der Waals surface area contributed by atoms with Crippen LogP contribution in [0.3, 0.4) is 0 Å². The van der Waals surface area contributed by atoms with Crippen LogP contribution in [0, 0.1) is 0 Å². The lowest BCUT2D eigenvalue weighted by Crippen LogP contribution is -2.68. The minimum Gasteiger partial charge on any atom is -0.534 e. The van der Waals surface area contributed by atoms with Crippen LogP contribution in [0.25, 0.3) is 22.6 Å². The fourth-order valence-corrected chi connectivity index (χ4v) is 9.74. The summed E-state index contributed by atoms with van der Waals surface area (Å²) in [6, 6.07) is 39.6. The molecule has 4 aromatic carbocycles. The van der Waals surface area contributed by atoms with Crippen molar-refractivity contribution in [1.82, 2.24) is 4.98 Å². The molecule has 0 amide bonds. The van der Waals surface area contributed by atoms with E-state index in [0.29, 0.717) is 34.9 Å². The number of rotatable bonds is 7. The van der Waals surface area contributed by atoms with Crippen molar-refractivity contribution < 1.29 is 13.6 Å². The largest absolute Gasteiger partial charge is 0.534 e. The van der Waals surface area contributed by atoms with E-state index in [2.05, 4.69) is 86.4 Å². The van der Waals surface area contributed by atoms with Crippen LogP contribution < -0.4 is 25.0 Å². The molecule has 0 radical (unpaired) electrons. The summed E-state index contributed by atoms with van der Waals surface area (Å²) in [4.78, 5) is 16.3. The summed E-state index contributed by atoms with van der Waals surface area (Å²) < 4.78 is 19.1. The predicted molar refractivity (Wildman–Crippen MR) is 166 cm³/mol. The molecule has 1 heterocycles. The van der Waals surface area contributed by atoms with Crippen LogP contribution in [-0.2, 0) is 6.61 Å². The van der Waals surface area contributed by atoms with E-state index in [0.717, 1.165) is 11.3 Å². The molecule has 0 N–H and O–H groups in total. The molecule has 0 bridgehead atoms. The molecule has 1 aliphatic carbocycles. The van der Waals surface area contributed by atoms with Gasteiger partial charge < -0.3 is 13.6 Å². The number of ether oxygens (including phenoxy) is 1. The standard InChI is InChI=1S/C35H31NO4Si/c1-35(2,3)41(29-10-6-4-7-11-29,30-12-8-5-9-13-30)40-27-17-14-25(15-18-27)24-38-28-19-21-32-34(23-28)39-33-22-26(37)16-20-31(33)36-32/h4-23H,24H2,1-3H3. The highest BCUT2D eigenvalue weighted by Crippen LogP contribution is 2.37. The lowest BCUT2D eigenvalue weighted by atomic mass is 10.2. The SMILES string of the molecule is CC(C)(C)[Si](Oc1ccc(COc2ccc3nc4ccc(=O)cc-4oc3c2)cc1)(c1ccccc1)c1ccccc1. The molecule has 0 saturated heterocycles. The number of hydrogen-bond donors (Lipinski definition) is 0. The van der Waals surface area contributed by atoms with Gasteiger partial charge in [0.2, 0.25) is 0 Å². The van der Waals surface area contributed by atoms with Gasteiger partial charge in [-0.1, -0.05) is 93.6 Å². The predicted octanol–water partition coefficient (Wildman–Crippen LogP) is 6.81. The van der Waals surface area contributed by atoms with Gasteiger partial charge in [-0.25, -0.2) is 4.98 Å². The molecule has 0 aromatic heterocycles. The summed E-state index contributed by atoms with van der Waals surface area (Å²) in [6.45, 7) is 7.20. The Hall–Kier alpha value is -4.68. The average molecular weight is 558 g/mol. The number of nitrogens with zero attached hydrogens (tertiary/aromatic N) is 1. The first kappa shape index (κ1) is 26.5. The first-order chi connectivity index (χ1) is 19.8. The molecule has 0 saturated carbocycles. The smallest absolute Gasteiger partial charge is 0.319 e. The van der Waals surface area contributed by atoms with Crippen molar-refractivity contribution in [2.75, 3.05) is 0 Å². The van der Waals surface area contributed by atoms with Crippen LogP contribution >= 0.6 is 0 Å². The Bertz CT molecular complexity index is 1770. The molecular weight excluding hydrogens is 526 g/mol. The Labute approximate surface area is 240 Å². The van der Waals surface area contributed by atoms with Crippen LogP contribution in [0.1, 0.15) is 26.3 Å². The second-order valence-electron chi connectivity index (χ2n) is 11.2.